The Balaban J connectivity index is 1.60. The number of hydrogen-bond acceptors (Lipinski definition) is 5. The molecule has 3 N–H and O–H groups in total. The maximum absolute atomic E-state index is 12.8. The first-order chi connectivity index (χ1) is 14.0. The number of fused-ring (bicyclic) bond motifs is 1. The molecule has 0 bridgehead atoms. The van der Waals surface area contributed by atoms with E-state index in [9.17, 15) is 14.4 Å². The van der Waals surface area contributed by atoms with Gasteiger partial charge in [-0.25, -0.2) is 0 Å². The molecule has 3 aliphatic rings. The Morgan fingerprint density at radius 3 is 2.41 bits per heavy atom. The Hall–Kier alpha value is -1.67. The molecular formula is C21H36N4O4. The van der Waals surface area contributed by atoms with Crippen molar-refractivity contribution in [3.05, 3.63) is 0 Å². The smallest absolute Gasteiger partial charge is 0.240 e. The summed E-state index contributed by atoms with van der Waals surface area (Å²) in [5.41, 5.74) is 0. The van der Waals surface area contributed by atoms with Crippen molar-refractivity contribution < 1.29 is 19.1 Å². The number of amides is 3. The van der Waals surface area contributed by atoms with E-state index in [2.05, 4.69) is 16.0 Å². The van der Waals surface area contributed by atoms with Crippen molar-refractivity contribution in [3.63, 3.8) is 0 Å². The van der Waals surface area contributed by atoms with Crippen LogP contribution >= 0.6 is 0 Å². The Labute approximate surface area is 173 Å². The van der Waals surface area contributed by atoms with Crippen molar-refractivity contribution in [2.24, 2.45) is 11.8 Å². The molecule has 0 radical (unpaired) electrons. The van der Waals surface area contributed by atoms with Crippen LogP contribution in [0, 0.1) is 11.8 Å². The molecule has 1 heterocycles. The third-order valence-electron chi connectivity index (χ3n) is 6.27. The molecule has 3 atom stereocenters. The second-order valence-electron chi connectivity index (χ2n) is 8.69. The van der Waals surface area contributed by atoms with Crippen molar-refractivity contribution in [2.75, 3.05) is 39.8 Å². The van der Waals surface area contributed by atoms with Gasteiger partial charge in [-0.3, -0.25) is 14.4 Å². The largest absolute Gasteiger partial charge is 0.377 e. The minimum absolute atomic E-state index is 0.0444. The minimum Gasteiger partial charge on any atom is -0.377 e. The molecule has 3 amide bonds. The molecule has 0 aromatic heterocycles. The SMILES string of the molecule is CN1CC(=O)NCC(=O)NCCCC2CCCCC2OCCNC(C2CC2)C1=O. The summed E-state index contributed by atoms with van der Waals surface area (Å²) >= 11 is 0. The van der Waals surface area contributed by atoms with E-state index in [-0.39, 0.29) is 43.0 Å². The van der Waals surface area contributed by atoms with Crippen LogP contribution in [-0.2, 0) is 19.1 Å². The second-order valence-corrected chi connectivity index (χ2v) is 8.69. The summed E-state index contributed by atoms with van der Waals surface area (Å²) in [6, 6.07) is -0.263. The standard InChI is InChI=1S/C21H36N4O4/c1-25-14-19(27)24-13-18(26)22-10-4-6-15-5-2-3-7-17(15)29-12-11-23-20(21(25)28)16-8-9-16/h15-17,20,23H,2-14H2,1H3,(H,22,26)(H,24,27). The van der Waals surface area contributed by atoms with E-state index in [1.807, 2.05) is 0 Å². The van der Waals surface area contributed by atoms with Gasteiger partial charge < -0.3 is 25.6 Å². The molecule has 2 aliphatic carbocycles. The lowest BCUT2D eigenvalue weighted by Gasteiger charge is -2.32. The van der Waals surface area contributed by atoms with Gasteiger partial charge in [-0.2, -0.15) is 0 Å². The zero-order chi connectivity index (χ0) is 20.6. The minimum atomic E-state index is -0.319. The summed E-state index contributed by atoms with van der Waals surface area (Å²) in [5.74, 6) is 0.296. The van der Waals surface area contributed by atoms with Crippen LogP contribution in [0.15, 0.2) is 0 Å². The lowest BCUT2D eigenvalue weighted by molar-refractivity contribution is -0.137. The number of likely N-dealkylation sites (N-methyl/N-ethyl adjacent to an activating group) is 1. The molecule has 3 rings (SSSR count). The normalized spacial score (nSPS) is 31.8. The van der Waals surface area contributed by atoms with Crippen molar-refractivity contribution >= 4 is 17.7 Å². The lowest BCUT2D eigenvalue weighted by atomic mass is 9.83. The van der Waals surface area contributed by atoms with Crippen LogP contribution in [0.1, 0.15) is 51.4 Å². The second kappa shape index (κ2) is 10.9. The number of carbonyl (C=O) groups excluding carboxylic acids is 3. The van der Waals surface area contributed by atoms with Gasteiger partial charge in [-0.15, -0.1) is 0 Å². The highest BCUT2D eigenvalue weighted by Gasteiger charge is 2.37. The van der Waals surface area contributed by atoms with Crippen LogP contribution in [-0.4, -0.2) is 74.6 Å². The Bertz CT molecular complexity index is 581. The summed E-state index contributed by atoms with van der Waals surface area (Å²) in [5, 5.41) is 8.85. The van der Waals surface area contributed by atoms with E-state index < -0.39 is 0 Å². The van der Waals surface area contributed by atoms with Crippen LogP contribution < -0.4 is 16.0 Å². The van der Waals surface area contributed by atoms with Crippen molar-refractivity contribution in [2.45, 2.75) is 63.5 Å². The average Bonchev–Trinajstić information content (AvgIpc) is 3.54. The van der Waals surface area contributed by atoms with Gasteiger partial charge in [-0.1, -0.05) is 12.8 Å². The van der Waals surface area contributed by atoms with Crippen LogP contribution in [0.2, 0.25) is 0 Å². The molecular weight excluding hydrogens is 372 g/mol. The molecule has 2 saturated carbocycles. The van der Waals surface area contributed by atoms with Gasteiger partial charge in [0.05, 0.1) is 31.8 Å². The third kappa shape index (κ3) is 6.96. The number of ether oxygens (including phenoxy) is 1. The van der Waals surface area contributed by atoms with Crippen molar-refractivity contribution in [1.82, 2.24) is 20.9 Å². The molecule has 3 fully saturated rings. The van der Waals surface area contributed by atoms with Gasteiger partial charge in [0.2, 0.25) is 17.7 Å². The van der Waals surface area contributed by atoms with E-state index in [4.69, 9.17) is 4.74 Å². The first-order valence-electron chi connectivity index (χ1n) is 11.2. The highest BCUT2D eigenvalue weighted by atomic mass is 16.5. The molecule has 1 aliphatic heterocycles. The molecule has 0 aromatic rings. The third-order valence-corrected chi connectivity index (χ3v) is 6.27. The molecule has 8 heteroatoms. The molecule has 0 spiro atoms. The monoisotopic (exact) mass is 408 g/mol. The molecule has 8 nitrogen and oxygen atoms in total. The molecule has 3 unspecified atom stereocenters. The first-order valence-corrected chi connectivity index (χ1v) is 11.2. The van der Waals surface area contributed by atoms with Gasteiger partial charge in [0, 0.05) is 20.1 Å². The van der Waals surface area contributed by atoms with Crippen LogP contribution in [0.5, 0.6) is 0 Å². The van der Waals surface area contributed by atoms with E-state index in [1.165, 1.54) is 24.2 Å². The summed E-state index contributed by atoms with van der Waals surface area (Å²) in [4.78, 5) is 38.3. The number of nitrogens with one attached hydrogen (secondary N) is 3. The highest BCUT2D eigenvalue weighted by Crippen LogP contribution is 2.33. The predicted octanol–water partition coefficient (Wildman–Crippen LogP) is 0.415. The quantitative estimate of drug-likeness (QED) is 0.584. The molecule has 0 aromatic carbocycles. The topological polar surface area (TPSA) is 99.8 Å². The van der Waals surface area contributed by atoms with Gasteiger partial charge in [0.15, 0.2) is 0 Å². The van der Waals surface area contributed by atoms with E-state index in [0.717, 1.165) is 32.1 Å². The number of hydrogen-bond donors (Lipinski definition) is 3. The first kappa shape index (κ1) is 22.0. The summed E-state index contributed by atoms with van der Waals surface area (Å²) in [6.45, 7) is 1.75. The Morgan fingerprint density at radius 2 is 1.62 bits per heavy atom. The van der Waals surface area contributed by atoms with Gasteiger partial charge >= 0.3 is 0 Å². The lowest BCUT2D eigenvalue weighted by Crippen LogP contribution is -2.50. The fraction of sp³-hybridized carbons (Fsp3) is 0.857. The van der Waals surface area contributed by atoms with E-state index in [0.29, 0.717) is 31.5 Å². The van der Waals surface area contributed by atoms with E-state index in [1.54, 1.807) is 7.05 Å². The molecule has 1 saturated heterocycles. The van der Waals surface area contributed by atoms with Crippen molar-refractivity contribution in [1.29, 1.82) is 0 Å². The highest BCUT2D eigenvalue weighted by molar-refractivity contribution is 5.89. The van der Waals surface area contributed by atoms with Gasteiger partial charge in [-0.05, 0) is 50.4 Å². The zero-order valence-electron chi connectivity index (χ0n) is 17.6. The van der Waals surface area contributed by atoms with Crippen LogP contribution in [0.4, 0.5) is 0 Å². The molecule has 29 heavy (non-hydrogen) atoms. The Morgan fingerprint density at radius 1 is 0.862 bits per heavy atom. The predicted molar refractivity (Wildman–Crippen MR) is 109 cm³/mol. The maximum atomic E-state index is 12.8. The Kier molecular flexibility index (Phi) is 8.29. The fourth-order valence-corrected chi connectivity index (χ4v) is 4.45. The van der Waals surface area contributed by atoms with E-state index >= 15 is 0 Å². The van der Waals surface area contributed by atoms with Gasteiger partial charge in [0.25, 0.3) is 0 Å². The number of carbonyl (C=O) groups is 3. The van der Waals surface area contributed by atoms with Crippen LogP contribution in [0.3, 0.4) is 0 Å². The van der Waals surface area contributed by atoms with Crippen LogP contribution in [0.25, 0.3) is 0 Å². The number of rotatable bonds is 1. The summed E-state index contributed by atoms with van der Waals surface area (Å²) < 4.78 is 6.20. The van der Waals surface area contributed by atoms with Crippen molar-refractivity contribution in [3.8, 4) is 0 Å². The fourth-order valence-electron chi connectivity index (χ4n) is 4.45. The number of nitrogens with zero attached hydrogens (tertiary/aromatic N) is 1. The zero-order valence-corrected chi connectivity index (χ0v) is 17.6. The van der Waals surface area contributed by atoms with Gasteiger partial charge in [0.1, 0.15) is 0 Å². The molecule has 164 valence electrons. The maximum Gasteiger partial charge on any atom is 0.240 e. The summed E-state index contributed by atoms with van der Waals surface area (Å²) in [7, 11) is 1.64. The summed E-state index contributed by atoms with van der Waals surface area (Å²) in [6.07, 6.45) is 9.03. The average molecular weight is 409 g/mol.